The lowest BCUT2D eigenvalue weighted by molar-refractivity contribution is -0.119. The Labute approximate surface area is 150 Å². The minimum absolute atomic E-state index is 0.000955. The second-order valence-corrected chi connectivity index (χ2v) is 5.59. The second kappa shape index (κ2) is 7.53. The number of nitrogens with zero attached hydrogens (tertiary/aromatic N) is 1. The summed E-state index contributed by atoms with van der Waals surface area (Å²) in [5.41, 5.74) is 2.25. The molecule has 3 aromatic rings. The average Bonchev–Trinajstić information content (AvgIpc) is 3.04. The molecule has 0 saturated carbocycles. The molecular formula is C20H16N2O4. The third-order valence-corrected chi connectivity index (χ3v) is 3.89. The lowest BCUT2D eigenvalue weighted by atomic mass is 10.1. The van der Waals surface area contributed by atoms with Crippen LogP contribution < -0.4 is 5.32 Å². The maximum Gasteiger partial charge on any atom is 0.338 e. The fraction of sp³-hybridized carbons (Fsp3) is 0.150. The third-order valence-electron chi connectivity index (χ3n) is 3.89. The average molecular weight is 348 g/mol. The van der Waals surface area contributed by atoms with Crippen LogP contribution in [-0.4, -0.2) is 18.5 Å². The summed E-state index contributed by atoms with van der Waals surface area (Å²) in [4.78, 5) is 24.1. The number of fused-ring (bicyclic) bond motifs is 1. The normalized spacial score (nSPS) is 10.3. The largest absolute Gasteiger partial charge is 0.452 e. The minimum Gasteiger partial charge on any atom is -0.452 e. The zero-order chi connectivity index (χ0) is 18.5. The Balaban J connectivity index is 1.66. The fourth-order valence-electron chi connectivity index (χ4n) is 2.51. The van der Waals surface area contributed by atoms with Crippen molar-refractivity contribution >= 4 is 28.5 Å². The van der Waals surface area contributed by atoms with Crippen molar-refractivity contribution in [2.24, 2.45) is 0 Å². The number of rotatable bonds is 5. The number of ether oxygens (including phenoxy) is 1. The maximum absolute atomic E-state index is 12.1. The van der Waals surface area contributed by atoms with Crippen LogP contribution in [0.15, 0.2) is 52.9 Å². The van der Waals surface area contributed by atoms with Gasteiger partial charge in [-0.05, 0) is 36.2 Å². The van der Waals surface area contributed by atoms with Crippen LogP contribution in [0, 0.1) is 11.3 Å². The van der Waals surface area contributed by atoms with E-state index in [2.05, 4.69) is 5.32 Å². The number of nitriles is 1. The Morgan fingerprint density at radius 2 is 1.88 bits per heavy atom. The van der Waals surface area contributed by atoms with Crippen LogP contribution in [0.5, 0.6) is 0 Å². The van der Waals surface area contributed by atoms with Gasteiger partial charge in [-0.25, -0.2) is 4.79 Å². The Bertz CT molecular complexity index is 997. The first-order chi connectivity index (χ1) is 12.6. The molecule has 0 unspecified atom stereocenters. The molecule has 0 aliphatic heterocycles. The van der Waals surface area contributed by atoms with Gasteiger partial charge in [-0.1, -0.05) is 31.2 Å². The van der Waals surface area contributed by atoms with Crippen LogP contribution in [0.3, 0.4) is 0 Å². The minimum atomic E-state index is -0.583. The summed E-state index contributed by atoms with van der Waals surface area (Å²) in [6, 6.07) is 15.9. The van der Waals surface area contributed by atoms with Gasteiger partial charge in [0.1, 0.15) is 17.3 Å². The van der Waals surface area contributed by atoms with Gasteiger partial charge in [0.2, 0.25) is 5.76 Å². The Morgan fingerprint density at radius 3 is 2.58 bits per heavy atom. The smallest absolute Gasteiger partial charge is 0.338 e. The number of furan rings is 1. The van der Waals surface area contributed by atoms with Gasteiger partial charge in [-0.3, -0.25) is 4.79 Å². The zero-order valence-corrected chi connectivity index (χ0v) is 14.1. The molecule has 1 heterocycles. The molecule has 0 radical (unpaired) electrons. The van der Waals surface area contributed by atoms with Gasteiger partial charge in [0.05, 0.1) is 5.56 Å². The Hall–Kier alpha value is -3.59. The van der Waals surface area contributed by atoms with Crippen molar-refractivity contribution in [2.45, 2.75) is 13.3 Å². The maximum atomic E-state index is 12.1. The number of carbonyl (C=O) groups excluding carboxylic acids is 2. The summed E-state index contributed by atoms with van der Waals surface area (Å²) in [5, 5.41) is 12.3. The number of amides is 1. The monoisotopic (exact) mass is 348 g/mol. The predicted molar refractivity (Wildman–Crippen MR) is 95.7 cm³/mol. The molecule has 1 amide bonds. The highest BCUT2D eigenvalue weighted by Gasteiger charge is 2.17. The molecule has 0 aliphatic carbocycles. The molecule has 2 aromatic carbocycles. The van der Waals surface area contributed by atoms with E-state index in [1.165, 1.54) is 0 Å². The van der Waals surface area contributed by atoms with Crippen molar-refractivity contribution in [1.82, 2.24) is 0 Å². The van der Waals surface area contributed by atoms with Gasteiger partial charge < -0.3 is 14.5 Å². The Kier molecular flexibility index (Phi) is 4.99. The van der Waals surface area contributed by atoms with Crippen molar-refractivity contribution in [3.63, 3.8) is 0 Å². The molecule has 0 atom stereocenters. The van der Waals surface area contributed by atoms with Crippen LogP contribution in [0.4, 0.5) is 5.69 Å². The SMILES string of the molecule is CCc1ccc(C(=O)OCC(=O)Nc2c(C#N)oc3ccccc23)cc1. The van der Waals surface area contributed by atoms with Crippen molar-refractivity contribution in [3.8, 4) is 6.07 Å². The molecule has 6 heteroatoms. The molecule has 1 aromatic heterocycles. The van der Waals surface area contributed by atoms with E-state index in [-0.39, 0.29) is 11.4 Å². The van der Waals surface area contributed by atoms with E-state index in [0.717, 1.165) is 12.0 Å². The van der Waals surface area contributed by atoms with E-state index in [4.69, 9.17) is 14.4 Å². The lowest BCUT2D eigenvalue weighted by Crippen LogP contribution is -2.21. The van der Waals surface area contributed by atoms with Crippen molar-refractivity contribution in [2.75, 3.05) is 11.9 Å². The molecule has 6 nitrogen and oxygen atoms in total. The van der Waals surface area contributed by atoms with E-state index in [1.54, 1.807) is 36.4 Å². The predicted octanol–water partition coefficient (Wildman–Crippen LogP) is 3.66. The first-order valence-electron chi connectivity index (χ1n) is 8.10. The van der Waals surface area contributed by atoms with Crippen LogP contribution in [0.2, 0.25) is 0 Å². The number of para-hydroxylation sites is 1. The van der Waals surface area contributed by atoms with Gasteiger partial charge >= 0.3 is 5.97 Å². The van der Waals surface area contributed by atoms with E-state index in [1.807, 2.05) is 25.1 Å². The van der Waals surface area contributed by atoms with Gasteiger partial charge in [0, 0.05) is 5.39 Å². The van der Waals surface area contributed by atoms with Crippen molar-refractivity contribution < 1.29 is 18.7 Å². The number of hydrogen-bond acceptors (Lipinski definition) is 5. The lowest BCUT2D eigenvalue weighted by Gasteiger charge is -2.06. The number of benzene rings is 2. The van der Waals surface area contributed by atoms with Gasteiger partial charge in [-0.15, -0.1) is 0 Å². The highest BCUT2D eigenvalue weighted by molar-refractivity contribution is 6.03. The molecule has 1 N–H and O–H groups in total. The van der Waals surface area contributed by atoms with Gasteiger partial charge in [0.25, 0.3) is 5.91 Å². The van der Waals surface area contributed by atoms with Gasteiger partial charge in [0.15, 0.2) is 6.61 Å². The molecule has 0 aliphatic rings. The van der Waals surface area contributed by atoms with E-state index in [9.17, 15) is 9.59 Å². The fourth-order valence-corrected chi connectivity index (χ4v) is 2.51. The first kappa shape index (κ1) is 17.2. The zero-order valence-electron chi connectivity index (χ0n) is 14.1. The highest BCUT2D eigenvalue weighted by atomic mass is 16.5. The molecule has 0 spiro atoms. The van der Waals surface area contributed by atoms with Crippen LogP contribution in [0.25, 0.3) is 11.0 Å². The van der Waals surface area contributed by atoms with Gasteiger partial charge in [-0.2, -0.15) is 5.26 Å². The summed E-state index contributed by atoms with van der Waals surface area (Å²) in [5.74, 6) is -1.13. The molecule has 0 fully saturated rings. The van der Waals surface area contributed by atoms with E-state index >= 15 is 0 Å². The van der Waals surface area contributed by atoms with Crippen LogP contribution >= 0.6 is 0 Å². The summed E-state index contributed by atoms with van der Waals surface area (Å²) in [6.45, 7) is 1.56. The number of nitrogens with one attached hydrogen (secondary N) is 1. The summed E-state index contributed by atoms with van der Waals surface area (Å²) >= 11 is 0. The summed E-state index contributed by atoms with van der Waals surface area (Å²) in [7, 11) is 0. The number of hydrogen-bond donors (Lipinski definition) is 1. The quantitative estimate of drug-likeness (QED) is 0.710. The topological polar surface area (TPSA) is 92.3 Å². The number of aryl methyl sites for hydroxylation is 1. The molecular weight excluding hydrogens is 332 g/mol. The first-order valence-corrected chi connectivity index (χ1v) is 8.10. The van der Waals surface area contributed by atoms with Crippen LogP contribution in [-0.2, 0) is 16.0 Å². The van der Waals surface area contributed by atoms with E-state index < -0.39 is 18.5 Å². The van der Waals surface area contributed by atoms with Crippen LogP contribution in [0.1, 0.15) is 28.6 Å². The number of esters is 1. The summed E-state index contributed by atoms with van der Waals surface area (Å²) < 4.78 is 10.4. The van der Waals surface area contributed by atoms with E-state index in [0.29, 0.717) is 16.5 Å². The molecule has 0 bridgehead atoms. The molecule has 26 heavy (non-hydrogen) atoms. The second-order valence-electron chi connectivity index (χ2n) is 5.59. The standard InChI is InChI=1S/C20H16N2O4/c1-2-13-7-9-14(10-8-13)20(24)25-12-18(23)22-19-15-5-3-4-6-16(15)26-17(19)11-21/h3-10H,2,12H2,1H3,(H,22,23). The molecule has 130 valence electrons. The highest BCUT2D eigenvalue weighted by Crippen LogP contribution is 2.30. The number of carbonyl (C=O) groups is 2. The van der Waals surface area contributed by atoms with Crippen molar-refractivity contribution in [1.29, 1.82) is 5.26 Å². The summed E-state index contributed by atoms with van der Waals surface area (Å²) in [6.07, 6.45) is 0.873. The van der Waals surface area contributed by atoms with Crippen molar-refractivity contribution in [3.05, 3.63) is 65.4 Å². The molecule has 3 rings (SSSR count). The third kappa shape index (κ3) is 3.57. The number of anilines is 1. The Morgan fingerprint density at radius 1 is 1.15 bits per heavy atom. The molecule has 0 saturated heterocycles.